The number of rotatable bonds is 5. The lowest BCUT2D eigenvalue weighted by Gasteiger charge is -2.20. The second-order valence-electron chi connectivity index (χ2n) is 9.48. The van der Waals surface area contributed by atoms with Gasteiger partial charge >= 0.3 is 11.9 Å². The summed E-state index contributed by atoms with van der Waals surface area (Å²) < 4.78 is 17.0. The Morgan fingerprint density at radius 2 is 2.15 bits per heavy atom. The number of esters is 2. The van der Waals surface area contributed by atoms with Gasteiger partial charge in [0.2, 0.25) is 0 Å². The molecule has 3 heterocycles. The number of aromatic amines is 1. The monoisotopic (exact) mass is 464 g/mol. The number of carbonyl (C=O) groups is 2. The molecule has 0 saturated carbocycles. The predicted molar refractivity (Wildman–Crippen MR) is 124 cm³/mol. The molecule has 1 N–H and O–H groups in total. The van der Waals surface area contributed by atoms with Gasteiger partial charge in [0.15, 0.2) is 0 Å². The number of nitrogens with one attached hydrogen (secondary N) is 1. The SMILES string of the molecule is C=C1C(=O)O[C@H]2[C@H]1CCC(COC(=O)CCc1nc3ccccc3[nH]c1=O)=CCC[C@@]1(C)O[C@@H]21. The number of nitrogens with zero attached hydrogens (tertiary/aromatic N) is 1. The van der Waals surface area contributed by atoms with Crippen molar-refractivity contribution in [3.8, 4) is 0 Å². The fourth-order valence-electron chi connectivity index (χ4n) is 4.95. The minimum Gasteiger partial charge on any atom is -0.461 e. The van der Waals surface area contributed by atoms with Crippen LogP contribution in [0.1, 0.15) is 44.7 Å². The Balaban J connectivity index is 1.19. The molecule has 3 aliphatic rings. The highest BCUT2D eigenvalue weighted by atomic mass is 16.6. The maximum atomic E-state index is 12.4. The molecule has 8 heteroatoms. The molecule has 1 aromatic heterocycles. The Morgan fingerprint density at radius 1 is 1.32 bits per heavy atom. The zero-order chi connectivity index (χ0) is 23.9. The molecule has 1 aliphatic carbocycles. The van der Waals surface area contributed by atoms with Crippen molar-refractivity contribution in [3.05, 3.63) is 64.1 Å². The third-order valence-corrected chi connectivity index (χ3v) is 7.09. The van der Waals surface area contributed by atoms with E-state index in [9.17, 15) is 14.4 Å². The number of H-pyrrole nitrogens is 1. The van der Waals surface area contributed by atoms with Gasteiger partial charge in [-0.2, -0.15) is 0 Å². The molecule has 4 atom stereocenters. The molecule has 0 radical (unpaired) electrons. The van der Waals surface area contributed by atoms with Crippen LogP contribution < -0.4 is 5.56 Å². The van der Waals surface area contributed by atoms with Gasteiger partial charge in [-0.1, -0.05) is 24.8 Å². The number of aryl methyl sites for hydroxylation is 1. The molecule has 0 unspecified atom stereocenters. The van der Waals surface area contributed by atoms with Gasteiger partial charge in [0.05, 0.1) is 23.1 Å². The first-order valence-electron chi connectivity index (χ1n) is 11.7. The fraction of sp³-hybridized carbons (Fsp3) is 0.462. The summed E-state index contributed by atoms with van der Waals surface area (Å²) in [6, 6.07) is 7.28. The minimum absolute atomic E-state index is 0.0686. The lowest BCUT2D eigenvalue weighted by Crippen LogP contribution is -2.29. The molecule has 34 heavy (non-hydrogen) atoms. The number of hydrogen-bond acceptors (Lipinski definition) is 7. The number of allylic oxidation sites excluding steroid dienone is 1. The maximum Gasteiger partial charge on any atom is 0.334 e. The van der Waals surface area contributed by atoms with Crippen molar-refractivity contribution < 1.29 is 23.8 Å². The number of benzene rings is 1. The minimum atomic E-state index is -0.383. The van der Waals surface area contributed by atoms with Gasteiger partial charge < -0.3 is 19.2 Å². The smallest absolute Gasteiger partial charge is 0.334 e. The quantitative estimate of drug-likeness (QED) is 0.313. The van der Waals surface area contributed by atoms with Crippen LogP contribution in [0.25, 0.3) is 11.0 Å². The van der Waals surface area contributed by atoms with E-state index in [-0.39, 0.29) is 60.7 Å². The van der Waals surface area contributed by atoms with E-state index in [0.717, 1.165) is 18.4 Å². The normalized spacial score (nSPS) is 28.5. The lowest BCUT2D eigenvalue weighted by molar-refractivity contribution is -0.143. The van der Waals surface area contributed by atoms with E-state index in [1.165, 1.54) is 0 Å². The number of para-hydroxylation sites is 2. The number of carbonyl (C=O) groups excluding carboxylic acids is 2. The molecule has 8 nitrogen and oxygen atoms in total. The molecule has 1 aromatic carbocycles. The topological polar surface area (TPSA) is 111 Å². The Morgan fingerprint density at radius 3 is 3.00 bits per heavy atom. The largest absolute Gasteiger partial charge is 0.461 e. The third kappa shape index (κ3) is 4.42. The van der Waals surface area contributed by atoms with Gasteiger partial charge in [-0.3, -0.25) is 9.59 Å². The zero-order valence-electron chi connectivity index (χ0n) is 19.2. The van der Waals surface area contributed by atoms with E-state index in [4.69, 9.17) is 14.2 Å². The lowest BCUT2D eigenvalue weighted by atomic mass is 9.84. The summed E-state index contributed by atoms with van der Waals surface area (Å²) in [6.45, 7) is 6.15. The summed E-state index contributed by atoms with van der Waals surface area (Å²) in [4.78, 5) is 43.9. The van der Waals surface area contributed by atoms with Gasteiger partial charge in [-0.05, 0) is 50.3 Å². The fourth-order valence-corrected chi connectivity index (χ4v) is 4.95. The summed E-state index contributed by atoms with van der Waals surface area (Å²) in [6.07, 6.45) is 4.97. The van der Waals surface area contributed by atoms with Crippen LogP contribution in [0.5, 0.6) is 0 Å². The molecule has 5 rings (SSSR count). The Labute approximate surface area is 197 Å². The summed E-state index contributed by atoms with van der Waals surface area (Å²) in [5.41, 5.74) is 2.56. The predicted octanol–water partition coefficient (Wildman–Crippen LogP) is 3.15. The van der Waals surface area contributed by atoms with E-state index in [0.29, 0.717) is 35.1 Å². The standard InChI is InChI=1S/C26H28N2O6/c1-15-17-10-9-16(6-5-13-26(2)23(34-26)22(17)33-25(15)31)14-32-21(29)12-11-20-24(30)28-19-8-4-3-7-18(19)27-20/h3-4,6-8,17,22-23H,1,5,9-14H2,2H3,(H,28,30)/t17-,22-,23-,26+/m0/s1. The van der Waals surface area contributed by atoms with Crippen molar-refractivity contribution in [2.45, 2.75) is 63.3 Å². The molecule has 2 aromatic rings. The first-order valence-corrected chi connectivity index (χ1v) is 11.7. The molecule has 178 valence electrons. The van der Waals surface area contributed by atoms with E-state index in [1.54, 1.807) is 6.07 Å². The summed E-state index contributed by atoms with van der Waals surface area (Å²) in [5, 5.41) is 0. The van der Waals surface area contributed by atoms with Crippen LogP contribution in [0.4, 0.5) is 0 Å². The van der Waals surface area contributed by atoms with Gasteiger partial charge in [-0.15, -0.1) is 0 Å². The number of aromatic nitrogens is 2. The Kier molecular flexibility index (Phi) is 5.85. The van der Waals surface area contributed by atoms with Gasteiger partial charge in [0.25, 0.3) is 5.56 Å². The van der Waals surface area contributed by atoms with Crippen LogP contribution in [0, 0.1) is 5.92 Å². The van der Waals surface area contributed by atoms with Crippen LogP contribution in [-0.4, -0.2) is 46.3 Å². The molecular formula is C26H28N2O6. The second-order valence-corrected chi connectivity index (χ2v) is 9.48. The molecule has 0 spiro atoms. The van der Waals surface area contributed by atoms with Crippen molar-refractivity contribution >= 4 is 23.0 Å². The average molecular weight is 465 g/mol. The Bertz CT molecular complexity index is 1250. The van der Waals surface area contributed by atoms with E-state index in [1.807, 2.05) is 25.1 Å². The second kappa shape index (κ2) is 8.83. The summed E-state index contributed by atoms with van der Waals surface area (Å²) in [5.74, 6) is -0.824. The maximum absolute atomic E-state index is 12.4. The van der Waals surface area contributed by atoms with E-state index in [2.05, 4.69) is 22.6 Å². The molecule has 2 fully saturated rings. The number of epoxide rings is 1. The third-order valence-electron chi connectivity index (χ3n) is 7.09. The number of fused-ring (bicyclic) bond motifs is 4. The highest BCUT2D eigenvalue weighted by molar-refractivity contribution is 5.91. The van der Waals surface area contributed by atoms with Gasteiger partial charge in [0, 0.05) is 17.9 Å². The molecule has 2 aliphatic heterocycles. The summed E-state index contributed by atoms with van der Waals surface area (Å²) >= 11 is 0. The summed E-state index contributed by atoms with van der Waals surface area (Å²) in [7, 11) is 0. The first kappa shape index (κ1) is 22.5. The molecular weight excluding hydrogens is 436 g/mol. The number of ether oxygens (including phenoxy) is 3. The van der Waals surface area contributed by atoms with Gasteiger partial charge in [0.1, 0.15) is 24.5 Å². The average Bonchev–Trinajstić information content (AvgIpc) is 3.41. The van der Waals surface area contributed by atoms with Crippen molar-refractivity contribution in [2.75, 3.05) is 6.61 Å². The first-order chi connectivity index (χ1) is 16.3. The van der Waals surface area contributed by atoms with Gasteiger partial charge in [-0.25, -0.2) is 9.78 Å². The highest BCUT2D eigenvalue weighted by Gasteiger charge is 2.61. The van der Waals surface area contributed by atoms with Crippen LogP contribution in [-0.2, 0) is 30.2 Å². The molecule has 0 amide bonds. The van der Waals surface area contributed by atoms with Crippen LogP contribution in [0.15, 0.2) is 52.9 Å². The number of hydrogen-bond donors (Lipinski definition) is 1. The molecule has 0 bridgehead atoms. The van der Waals surface area contributed by atoms with Crippen LogP contribution in [0.2, 0.25) is 0 Å². The van der Waals surface area contributed by atoms with Crippen molar-refractivity contribution in [3.63, 3.8) is 0 Å². The highest BCUT2D eigenvalue weighted by Crippen LogP contribution is 2.49. The molecule has 2 saturated heterocycles. The van der Waals surface area contributed by atoms with E-state index < -0.39 is 0 Å². The zero-order valence-corrected chi connectivity index (χ0v) is 19.2. The van der Waals surface area contributed by atoms with Crippen molar-refractivity contribution in [2.24, 2.45) is 5.92 Å². The Hall–Kier alpha value is -3.26. The van der Waals surface area contributed by atoms with Crippen LogP contribution >= 0.6 is 0 Å². The van der Waals surface area contributed by atoms with Crippen molar-refractivity contribution in [1.82, 2.24) is 9.97 Å². The van der Waals surface area contributed by atoms with Crippen molar-refractivity contribution in [1.29, 1.82) is 0 Å². The van der Waals surface area contributed by atoms with Crippen LogP contribution in [0.3, 0.4) is 0 Å². The van der Waals surface area contributed by atoms with E-state index >= 15 is 0 Å².